The van der Waals surface area contributed by atoms with Gasteiger partial charge < -0.3 is 4.74 Å². The number of hydrogen-bond acceptors (Lipinski definition) is 3. The van der Waals surface area contributed by atoms with Gasteiger partial charge in [-0.25, -0.2) is 4.99 Å². The molecule has 1 heterocycles. The van der Waals surface area contributed by atoms with E-state index in [0.717, 1.165) is 5.56 Å². The molecule has 1 atom stereocenters. The van der Waals surface area contributed by atoms with Gasteiger partial charge in [0.15, 0.2) is 5.92 Å². The first-order chi connectivity index (χ1) is 11.0. The van der Waals surface area contributed by atoms with Gasteiger partial charge in [-0.2, -0.15) is 0 Å². The van der Waals surface area contributed by atoms with Gasteiger partial charge in [0, 0.05) is 5.22 Å². The van der Waals surface area contributed by atoms with Crippen molar-refractivity contribution < 1.29 is 14.3 Å². The molecule has 0 aromatic heterocycles. The third kappa shape index (κ3) is 2.76. The third-order valence-corrected chi connectivity index (χ3v) is 4.34. The number of fused-ring (bicyclic) bond motifs is 1. The molecule has 1 aliphatic rings. The summed E-state index contributed by atoms with van der Waals surface area (Å²) in [7, 11) is 1.24. The van der Waals surface area contributed by atoms with Crippen molar-refractivity contribution in [1.29, 1.82) is 0 Å². The van der Waals surface area contributed by atoms with Crippen LogP contribution in [0.1, 0.15) is 5.56 Å². The Hall–Kier alpha value is -2.17. The summed E-state index contributed by atoms with van der Waals surface area (Å²) in [5, 5.41) is 1.61. The number of halogens is 2. The average Bonchev–Trinajstić information content (AvgIpc) is 2.55. The van der Waals surface area contributed by atoms with Crippen molar-refractivity contribution in [1.82, 2.24) is 0 Å². The van der Waals surface area contributed by atoms with Crippen molar-refractivity contribution in [2.75, 3.05) is 7.11 Å². The molecule has 2 aromatic carbocycles. The van der Waals surface area contributed by atoms with E-state index in [2.05, 4.69) is 4.99 Å². The van der Waals surface area contributed by atoms with E-state index >= 15 is 0 Å². The summed E-state index contributed by atoms with van der Waals surface area (Å²) < 4.78 is 4.78. The van der Waals surface area contributed by atoms with Crippen molar-refractivity contribution in [2.24, 2.45) is 10.9 Å². The lowest BCUT2D eigenvalue weighted by Crippen LogP contribution is -2.41. The Morgan fingerprint density at radius 3 is 2.43 bits per heavy atom. The normalized spacial score (nSPS) is 16.6. The molecule has 3 rings (SSSR count). The van der Waals surface area contributed by atoms with E-state index in [9.17, 15) is 9.59 Å². The van der Waals surface area contributed by atoms with E-state index in [4.69, 9.17) is 27.9 Å². The molecule has 1 amide bonds. The summed E-state index contributed by atoms with van der Waals surface area (Å²) in [6, 6.07) is 12.3. The molecule has 0 spiro atoms. The lowest BCUT2D eigenvalue weighted by Gasteiger charge is -2.19. The summed E-state index contributed by atoms with van der Waals surface area (Å²) >= 11 is 12.1. The smallest absolute Gasteiger partial charge is 0.322 e. The highest BCUT2D eigenvalue weighted by Gasteiger charge is 2.35. The number of nitrogens with zero attached hydrogens (tertiary/aromatic N) is 1. The first kappa shape index (κ1) is 15.7. The highest BCUT2D eigenvalue weighted by atomic mass is 35.5. The molecule has 1 unspecified atom stereocenters. The predicted octanol–water partition coefficient (Wildman–Crippen LogP) is 2.14. The predicted molar refractivity (Wildman–Crippen MR) is 86.7 cm³/mol. The second-order valence-corrected chi connectivity index (χ2v) is 5.78. The van der Waals surface area contributed by atoms with Crippen LogP contribution in [0.15, 0.2) is 47.5 Å². The number of methoxy groups -OCH3 is 1. The molecular weight excluding hydrogens is 337 g/mol. The molecule has 0 aliphatic carbocycles. The molecule has 0 fully saturated rings. The van der Waals surface area contributed by atoms with Crippen molar-refractivity contribution in [3.05, 3.63) is 68.6 Å². The molecule has 0 N–H and O–H groups in total. The first-order valence-corrected chi connectivity index (χ1v) is 7.53. The van der Waals surface area contributed by atoms with Gasteiger partial charge in [0.2, 0.25) is 0 Å². The van der Waals surface area contributed by atoms with Crippen molar-refractivity contribution >= 4 is 40.7 Å². The maximum Gasteiger partial charge on any atom is 0.322 e. The van der Waals surface area contributed by atoms with Crippen LogP contribution in [-0.2, 0) is 14.3 Å². The molecule has 23 heavy (non-hydrogen) atoms. The van der Waals surface area contributed by atoms with E-state index < -0.39 is 17.8 Å². The Kier molecular flexibility index (Phi) is 4.20. The topological polar surface area (TPSA) is 55.7 Å². The molecule has 4 nitrogen and oxygen atoms in total. The van der Waals surface area contributed by atoms with Gasteiger partial charge in [-0.3, -0.25) is 9.59 Å². The largest absolute Gasteiger partial charge is 0.468 e. The van der Waals surface area contributed by atoms with Crippen LogP contribution < -0.4 is 10.6 Å². The Morgan fingerprint density at radius 1 is 1.13 bits per heavy atom. The Balaban J connectivity index is 2.44. The zero-order valence-corrected chi connectivity index (χ0v) is 13.6. The number of rotatable bonds is 2. The summed E-state index contributed by atoms with van der Waals surface area (Å²) in [5.74, 6) is -2.36. The van der Waals surface area contributed by atoms with Gasteiger partial charge in [-0.1, -0.05) is 53.5 Å². The molecule has 0 bridgehead atoms. The molecule has 0 saturated heterocycles. The number of hydrogen-bond donors (Lipinski definition) is 0. The molecule has 0 saturated carbocycles. The summed E-state index contributed by atoms with van der Waals surface area (Å²) in [5.41, 5.74) is 1.25. The van der Waals surface area contributed by atoms with Gasteiger partial charge in [0.05, 0.1) is 22.5 Å². The Morgan fingerprint density at radius 2 is 1.78 bits per heavy atom. The van der Waals surface area contributed by atoms with Gasteiger partial charge >= 0.3 is 5.97 Å². The first-order valence-electron chi connectivity index (χ1n) is 6.78. The maximum absolute atomic E-state index is 12.4. The fourth-order valence-corrected chi connectivity index (χ4v) is 2.90. The number of esters is 1. The van der Waals surface area contributed by atoms with Gasteiger partial charge in [0.25, 0.3) is 5.91 Å². The number of benzene rings is 2. The van der Waals surface area contributed by atoms with E-state index in [1.54, 1.807) is 6.07 Å². The molecule has 6 heteroatoms. The van der Waals surface area contributed by atoms with Crippen LogP contribution in [0.4, 0.5) is 0 Å². The highest BCUT2D eigenvalue weighted by molar-refractivity contribution is 6.42. The minimum absolute atomic E-state index is 0.297. The van der Waals surface area contributed by atoms with Crippen LogP contribution in [0.25, 0.3) is 5.57 Å². The highest BCUT2D eigenvalue weighted by Crippen LogP contribution is 2.26. The zero-order valence-electron chi connectivity index (χ0n) is 12.0. The fraction of sp³-hybridized carbons (Fsp3) is 0.118. The second kappa shape index (κ2) is 6.14. The molecular formula is C17H11Cl2NO3. The SMILES string of the molecule is COC(=O)C1C(=O)N=c2cc(Cl)c(Cl)cc2=C1c1ccccc1. The standard InChI is InChI=1S/C17H11Cl2NO3/c1-23-17(22)15-14(9-5-3-2-4-6-9)10-7-11(18)12(19)8-13(10)20-16(15)21/h2-8,15H,1H3. The minimum atomic E-state index is -1.12. The van der Waals surface area contributed by atoms with E-state index in [0.29, 0.717) is 26.2 Å². The minimum Gasteiger partial charge on any atom is -0.468 e. The lowest BCUT2D eigenvalue weighted by atomic mass is 9.88. The van der Waals surface area contributed by atoms with Crippen molar-refractivity contribution in [3.63, 3.8) is 0 Å². The molecule has 1 aliphatic heterocycles. The number of amides is 1. The third-order valence-electron chi connectivity index (χ3n) is 3.62. The van der Waals surface area contributed by atoms with E-state index in [1.807, 2.05) is 30.3 Å². The quantitative estimate of drug-likeness (QED) is 0.617. The summed E-state index contributed by atoms with van der Waals surface area (Å²) in [6.45, 7) is 0. The zero-order chi connectivity index (χ0) is 16.6. The average molecular weight is 348 g/mol. The van der Waals surface area contributed by atoms with Crippen LogP contribution in [0.5, 0.6) is 0 Å². The Labute approximate surface area is 142 Å². The number of carbonyl (C=O) groups excluding carboxylic acids is 2. The Bertz CT molecular complexity index is 923. The molecule has 116 valence electrons. The van der Waals surface area contributed by atoms with Crippen LogP contribution in [0.3, 0.4) is 0 Å². The lowest BCUT2D eigenvalue weighted by molar-refractivity contribution is -0.146. The second-order valence-electron chi connectivity index (χ2n) is 4.97. The van der Waals surface area contributed by atoms with Crippen LogP contribution in [-0.4, -0.2) is 19.0 Å². The maximum atomic E-state index is 12.4. The fourth-order valence-electron chi connectivity index (χ4n) is 2.58. The van der Waals surface area contributed by atoms with Crippen molar-refractivity contribution in [2.45, 2.75) is 0 Å². The van der Waals surface area contributed by atoms with E-state index in [1.165, 1.54) is 13.2 Å². The number of carbonyl (C=O) groups is 2. The molecule has 0 radical (unpaired) electrons. The van der Waals surface area contributed by atoms with Crippen LogP contribution in [0.2, 0.25) is 10.0 Å². The van der Waals surface area contributed by atoms with E-state index in [-0.39, 0.29) is 0 Å². The molecule has 2 aromatic rings. The monoisotopic (exact) mass is 347 g/mol. The summed E-state index contributed by atoms with van der Waals surface area (Å²) in [6.07, 6.45) is 0. The number of ether oxygens (including phenoxy) is 1. The van der Waals surface area contributed by atoms with Crippen LogP contribution >= 0.6 is 23.2 Å². The van der Waals surface area contributed by atoms with Crippen molar-refractivity contribution in [3.8, 4) is 0 Å². The summed E-state index contributed by atoms with van der Waals surface area (Å²) in [4.78, 5) is 28.5. The van der Waals surface area contributed by atoms with Crippen LogP contribution in [0, 0.1) is 5.92 Å². The van der Waals surface area contributed by atoms with Gasteiger partial charge in [0.1, 0.15) is 0 Å². The van der Waals surface area contributed by atoms with Gasteiger partial charge in [-0.15, -0.1) is 0 Å². The van der Waals surface area contributed by atoms with Gasteiger partial charge in [-0.05, 0) is 23.3 Å².